The smallest absolute Gasteiger partial charge is 0.140 e. The number of allylic oxidation sites excluding steroid dienone is 3. The molecule has 0 fully saturated rings. The quantitative estimate of drug-likeness (QED) is 0.729. The molecule has 2 aliphatic carbocycles. The Labute approximate surface area is 166 Å². The normalized spacial score (nSPS) is 24.0. The number of rotatable bonds is 5. The molecule has 2 unspecified atom stereocenters. The Morgan fingerprint density at radius 2 is 2.04 bits per heavy atom. The highest BCUT2D eigenvalue weighted by Crippen LogP contribution is 2.39. The molecule has 0 spiro atoms. The van der Waals surface area contributed by atoms with Gasteiger partial charge in [0, 0.05) is 0 Å². The minimum absolute atomic E-state index is 0.443. The third-order valence-corrected chi connectivity index (χ3v) is 6.04. The fourth-order valence-corrected chi connectivity index (χ4v) is 4.39. The predicted molar refractivity (Wildman–Crippen MR) is 113 cm³/mol. The molecule has 2 atom stereocenters. The van der Waals surface area contributed by atoms with Crippen LogP contribution in [0.3, 0.4) is 0 Å². The SMILES string of the molecule is C=CC1=CCCC(c2ccccc2Oc2ccc3c(c2)CC(N)(C=O)CC3)C1. The fraction of sp³-hybridized carbons (Fsp3) is 0.320. The van der Waals surface area contributed by atoms with Crippen LogP contribution in [-0.4, -0.2) is 11.8 Å². The fourth-order valence-electron chi connectivity index (χ4n) is 4.39. The summed E-state index contributed by atoms with van der Waals surface area (Å²) >= 11 is 0. The summed E-state index contributed by atoms with van der Waals surface area (Å²) in [6.45, 7) is 3.93. The second-order valence-electron chi connectivity index (χ2n) is 8.06. The zero-order valence-corrected chi connectivity index (χ0v) is 16.2. The van der Waals surface area contributed by atoms with Crippen LogP contribution in [0.1, 0.15) is 48.3 Å². The van der Waals surface area contributed by atoms with E-state index in [9.17, 15) is 4.79 Å². The van der Waals surface area contributed by atoms with Gasteiger partial charge in [0.25, 0.3) is 0 Å². The van der Waals surface area contributed by atoms with Crippen LogP contribution in [0.15, 0.2) is 66.8 Å². The Hall–Kier alpha value is -2.65. The zero-order chi connectivity index (χ0) is 19.6. The van der Waals surface area contributed by atoms with E-state index in [0.29, 0.717) is 18.8 Å². The van der Waals surface area contributed by atoms with Crippen molar-refractivity contribution in [1.29, 1.82) is 0 Å². The Balaban J connectivity index is 1.59. The molecule has 2 aromatic rings. The van der Waals surface area contributed by atoms with Crippen LogP contribution < -0.4 is 10.5 Å². The number of fused-ring (bicyclic) bond motifs is 1. The first-order valence-electron chi connectivity index (χ1n) is 10.1. The maximum Gasteiger partial charge on any atom is 0.140 e. The van der Waals surface area contributed by atoms with Crippen LogP contribution >= 0.6 is 0 Å². The van der Waals surface area contributed by atoms with Gasteiger partial charge in [-0.1, -0.05) is 48.6 Å². The molecule has 144 valence electrons. The zero-order valence-electron chi connectivity index (χ0n) is 16.2. The van der Waals surface area contributed by atoms with Crippen molar-refractivity contribution in [2.75, 3.05) is 0 Å². The third-order valence-electron chi connectivity index (χ3n) is 6.04. The lowest BCUT2D eigenvalue weighted by Gasteiger charge is -2.30. The molecule has 28 heavy (non-hydrogen) atoms. The van der Waals surface area contributed by atoms with Gasteiger partial charge in [0.2, 0.25) is 0 Å². The molecule has 2 aromatic carbocycles. The summed E-state index contributed by atoms with van der Waals surface area (Å²) in [6.07, 6.45) is 10.4. The minimum Gasteiger partial charge on any atom is -0.457 e. The van der Waals surface area contributed by atoms with Crippen LogP contribution in [0.2, 0.25) is 0 Å². The maximum atomic E-state index is 11.4. The van der Waals surface area contributed by atoms with Crippen LogP contribution in [0.5, 0.6) is 11.5 Å². The van der Waals surface area contributed by atoms with Gasteiger partial charge in [0.05, 0.1) is 5.54 Å². The van der Waals surface area contributed by atoms with E-state index in [1.807, 2.05) is 30.3 Å². The molecule has 2 N–H and O–H groups in total. The molecule has 4 rings (SSSR count). The number of carbonyl (C=O) groups is 1. The highest BCUT2D eigenvalue weighted by Gasteiger charge is 2.30. The number of hydrogen-bond donors (Lipinski definition) is 1. The summed E-state index contributed by atoms with van der Waals surface area (Å²) in [4.78, 5) is 11.4. The first kappa shape index (κ1) is 18.7. The van der Waals surface area contributed by atoms with Crippen LogP contribution in [0, 0.1) is 0 Å². The van der Waals surface area contributed by atoms with Crippen molar-refractivity contribution in [2.24, 2.45) is 5.73 Å². The van der Waals surface area contributed by atoms with Gasteiger partial charge in [0.15, 0.2) is 0 Å². The van der Waals surface area contributed by atoms with Crippen molar-refractivity contribution in [1.82, 2.24) is 0 Å². The summed E-state index contributed by atoms with van der Waals surface area (Å²) in [6, 6.07) is 14.5. The summed E-state index contributed by atoms with van der Waals surface area (Å²) in [5, 5.41) is 0. The summed E-state index contributed by atoms with van der Waals surface area (Å²) < 4.78 is 6.33. The Kier molecular flexibility index (Phi) is 5.19. The molecule has 0 heterocycles. The van der Waals surface area contributed by atoms with Gasteiger partial charge < -0.3 is 15.3 Å². The first-order valence-corrected chi connectivity index (χ1v) is 10.1. The molecule has 3 heteroatoms. The summed E-state index contributed by atoms with van der Waals surface area (Å²) in [5.41, 5.74) is 10.4. The van der Waals surface area contributed by atoms with E-state index < -0.39 is 5.54 Å². The van der Waals surface area contributed by atoms with Crippen molar-refractivity contribution in [2.45, 2.75) is 50.0 Å². The molecule has 0 saturated heterocycles. The molecule has 3 nitrogen and oxygen atoms in total. The Morgan fingerprint density at radius 1 is 1.18 bits per heavy atom. The third kappa shape index (κ3) is 3.81. The first-order chi connectivity index (χ1) is 13.6. The molecule has 0 amide bonds. The number of ether oxygens (including phenoxy) is 1. The maximum absolute atomic E-state index is 11.4. The van der Waals surface area contributed by atoms with E-state index in [4.69, 9.17) is 10.5 Å². The van der Waals surface area contributed by atoms with Gasteiger partial charge in [-0.05, 0) is 79.3 Å². The van der Waals surface area contributed by atoms with Crippen molar-refractivity contribution in [3.63, 3.8) is 0 Å². The monoisotopic (exact) mass is 373 g/mol. The van der Waals surface area contributed by atoms with E-state index in [2.05, 4.69) is 30.9 Å². The number of nitrogens with two attached hydrogens (primary N) is 1. The van der Waals surface area contributed by atoms with Gasteiger partial charge in [0.1, 0.15) is 17.8 Å². The Morgan fingerprint density at radius 3 is 2.86 bits per heavy atom. The number of para-hydroxylation sites is 1. The van der Waals surface area contributed by atoms with Crippen LogP contribution in [0.25, 0.3) is 0 Å². The van der Waals surface area contributed by atoms with Crippen molar-refractivity contribution >= 4 is 6.29 Å². The standard InChI is InChI=1S/C25H27NO2/c1-2-18-6-5-7-20(14-18)23-8-3-4-9-24(23)28-22-11-10-19-12-13-25(26,17-27)16-21(19)15-22/h2-4,6,8-11,15,17,20H,1,5,7,12-14,16,26H2. The predicted octanol–water partition coefficient (Wildman–Crippen LogP) is 5.24. The molecular formula is C25H27NO2. The second kappa shape index (κ2) is 7.76. The van der Waals surface area contributed by atoms with E-state index >= 15 is 0 Å². The van der Waals surface area contributed by atoms with Crippen molar-refractivity contribution in [3.8, 4) is 11.5 Å². The van der Waals surface area contributed by atoms with E-state index in [1.165, 1.54) is 16.7 Å². The molecule has 0 aromatic heterocycles. The van der Waals surface area contributed by atoms with Crippen LogP contribution in [-0.2, 0) is 17.6 Å². The number of carbonyl (C=O) groups excluding carboxylic acids is 1. The average Bonchev–Trinajstić information content (AvgIpc) is 2.74. The molecule has 2 aliphatic rings. The average molecular weight is 373 g/mol. The lowest BCUT2D eigenvalue weighted by Crippen LogP contribution is -2.46. The summed E-state index contributed by atoms with van der Waals surface area (Å²) in [5.74, 6) is 2.15. The van der Waals surface area contributed by atoms with Crippen molar-refractivity contribution < 1.29 is 9.53 Å². The highest BCUT2D eigenvalue weighted by molar-refractivity contribution is 5.66. The molecular weight excluding hydrogens is 346 g/mol. The number of aldehydes is 1. The van der Waals surface area contributed by atoms with E-state index in [1.54, 1.807) is 0 Å². The number of hydrogen-bond acceptors (Lipinski definition) is 3. The molecule has 0 aliphatic heterocycles. The van der Waals surface area contributed by atoms with Gasteiger partial charge >= 0.3 is 0 Å². The molecule has 0 radical (unpaired) electrons. The van der Waals surface area contributed by atoms with Gasteiger partial charge in [-0.25, -0.2) is 0 Å². The van der Waals surface area contributed by atoms with Gasteiger partial charge in [-0.15, -0.1) is 0 Å². The lowest BCUT2D eigenvalue weighted by atomic mass is 9.79. The molecule has 0 saturated carbocycles. The molecule has 0 bridgehead atoms. The van der Waals surface area contributed by atoms with Gasteiger partial charge in [-0.2, -0.15) is 0 Å². The lowest BCUT2D eigenvalue weighted by molar-refractivity contribution is -0.112. The summed E-state index contributed by atoms with van der Waals surface area (Å²) in [7, 11) is 0. The highest BCUT2D eigenvalue weighted by atomic mass is 16.5. The van der Waals surface area contributed by atoms with E-state index in [-0.39, 0.29) is 0 Å². The number of benzene rings is 2. The van der Waals surface area contributed by atoms with Crippen molar-refractivity contribution in [3.05, 3.63) is 83.5 Å². The Bertz CT molecular complexity index is 930. The minimum atomic E-state index is -0.751. The van der Waals surface area contributed by atoms with Gasteiger partial charge in [-0.3, -0.25) is 0 Å². The van der Waals surface area contributed by atoms with E-state index in [0.717, 1.165) is 49.0 Å². The topological polar surface area (TPSA) is 52.3 Å². The number of aryl methyl sites for hydroxylation is 1. The second-order valence-corrected chi connectivity index (χ2v) is 8.06. The largest absolute Gasteiger partial charge is 0.457 e. The van der Waals surface area contributed by atoms with Crippen LogP contribution in [0.4, 0.5) is 0 Å².